The summed E-state index contributed by atoms with van der Waals surface area (Å²) in [6.45, 7) is 0.974. The Bertz CT molecular complexity index is 1230. The normalized spacial score (nSPS) is 10.9. The van der Waals surface area contributed by atoms with Crippen molar-refractivity contribution in [3.63, 3.8) is 0 Å². The summed E-state index contributed by atoms with van der Waals surface area (Å²) in [5.74, 6) is -0.119. The molecule has 3 aromatic rings. The van der Waals surface area contributed by atoms with Gasteiger partial charge in [0.05, 0.1) is 33.9 Å². The number of ether oxygens (including phenoxy) is 1. The largest absolute Gasteiger partial charge is 0.497 e. The Morgan fingerprint density at radius 3 is 2.28 bits per heavy atom. The van der Waals surface area contributed by atoms with Crippen molar-refractivity contribution in [2.45, 2.75) is 11.8 Å². The Kier molecular flexibility index (Phi) is 6.74. The van der Waals surface area contributed by atoms with E-state index in [4.69, 9.17) is 4.74 Å². The molecule has 0 aliphatic carbocycles. The van der Waals surface area contributed by atoms with Crippen molar-refractivity contribution in [2.75, 3.05) is 23.3 Å². The van der Waals surface area contributed by atoms with E-state index >= 15 is 0 Å². The summed E-state index contributed by atoms with van der Waals surface area (Å²) < 4.78 is 32.7. The van der Waals surface area contributed by atoms with E-state index in [0.717, 1.165) is 4.31 Å². The molecule has 9 nitrogen and oxygen atoms in total. The van der Waals surface area contributed by atoms with E-state index in [2.05, 4.69) is 5.32 Å². The summed E-state index contributed by atoms with van der Waals surface area (Å²) in [5.41, 5.74) is 0.621. The maximum atomic E-state index is 13.3. The third-order valence-electron chi connectivity index (χ3n) is 4.75. The van der Waals surface area contributed by atoms with Crippen LogP contribution in [0.15, 0.2) is 77.7 Å². The van der Waals surface area contributed by atoms with Crippen LogP contribution < -0.4 is 14.4 Å². The van der Waals surface area contributed by atoms with Crippen molar-refractivity contribution in [2.24, 2.45) is 0 Å². The van der Waals surface area contributed by atoms with E-state index in [1.54, 1.807) is 30.3 Å². The molecule has 0 aliphatic rings. The van der Waals surface area contributed by atoms with Gasteiger partial charge >= 0.3 is 0 Å². The van der Waals surface area contributed by atoms with Gasteiger partial charge in [-0.3, -0.25) is 19.2 Å². The number of nitro groups is 1. The molecule has 0 spiro atoms. The van der Waals surface area contributed by atoms with Gasteiger partial charge in [-0.05, 0) is 49.4 Å². The quantitative estimate of drug-likeness (QED) is 0.408. The minimum Gasteiger partial charge on any atom is -0.497 e. The minimum absolute atomic E-state index is 0.0233. The van der Waals surface area contributed by atoms with E-state index in [-0.39, 0.29) is 27.5 Å². The summed E-state index contributed by atoms with van der Waals surface area (Å²) in [4.78, 5) is 23.5. The van der Waals surface area contributed by atoms with Crippen LogP contribution in [-0.2, 0) is 14.8 Å². The lowest BCUT2D eigenvalue weighted by Crippen LogP contribution is -2.38. The molecule has 3 aromatic carbocycles. The van der Waals surface area contributed by atoms with Crippen molar-refractivity contribution >= 4 is 33.0 Å². The number of methoxy groups -OCH3 is 1. The van der Waals surface area contributed by atoms with Crippen molar-refractivity contribution in [3.05, 3.63) is 88.5 Å². The number of carbonyl (C=O) groups is 1. The zero-order valence-corrected chi connectivity index (χ0v) is 18.2. The van der Waals surface area contributed by atoms with Gasteiger partial charge < -0.3 is 10.1 Å². The van der Waals surface area contributed by atoms with Crippen LogP contribution in [0.4, 0.5) is 17.1 Å². The summed E-state index contributed by atoms with van der Waals surface area (Å²) in [7, 11) is -2.58. The Morgan fingerprint density at radius 1 is 1.03 bits per heavy atom. The fraction of sp³-hybridized carbons (Fsp3) is 0.136. The van der Waals surface area contributed by atoms with E-state index < -0.39 is 27.4 Å². The van der Waals surface area contributed by atoms with Crippen LogP contribution in [0.3, 0.4) is 0 Å². The lowest BCUT2D eigenvalue weighted by atomic mass is 10.1. The highest BCUT2D eigenvalue weighted by atomic mass is 32.2. The highest BCUT2D eigenvalue weighted by molar-refractivity contribution is 7.92. The molecule has 0 saturated carbocycles. The maximum absolute atomic E-state index is 13.3. The molecular weight excluding hydrogens is 434 g/mol. The smallest absolute Gasteiger partial charge is 0.274 e. The van der Waals surface area contributed by atoms with Crippen molar-refractivity contribution in [1.82, 2.24) is 0 Å². The second-order valence-electron chi connectivity index (χ2n) is 6.78. The van der Waals surface area contributed by atoms with Gasteiger partial charge in [0.15, 0.2) is 0 Å². The summed E-state index contributed by atoms with van der Waals surface area (Å²) in [6, 6.07) is 18.3. The SMILES string of the molecule is COc1ccc(N(CC(=O)Nc2cccc([N+](=O)[O-])c2C)S(=O)(=O)c2ccccc2)cc1. The third kappa shape index (κ3) is 4.86. The lowest BCUT2D eigenvalue weighted by molar-refractivity contribution is -0.385. The van der Waals surface area contributed by atoms with Crippen LogP contribution in [0.1, 0.15) is 5.56 Å². The molecule has 3 rings (SSSR count). The van der Waals surface area contributed by atoms with Gasteiger partial charge in [-0.2, -0.15) is 0 Å². The highest BCUT2D eigenvalue weighted by Crippen LogP contribution is 2.27. The second-order valence-corrected chi connectivity index (χ2v) is 8.64. The van der Waals surface area contributed by atoms with E-state index in [0.29, 0.717) is 5.75 Å². The van der Waals surface area contributed by atoms with Gasteiger partial charge in [0.2, 0.25) is 5.91 Å². The summed E-state index contributed by atoms with van der Waals surface area (Å²) in [5, 5.41) is 13.7. The number of sulfonamides is 1. The topological polar surface area (TPSA) is 119 Å². The predicted molar refractivity (Wildman–Crippen MR) is 120 cm³/mol. The molecular formula is C22H21N3O6S. The molecule has 0 aromatic heterocycles. The lowest BCUT2D eigenvalue weighted by Gasteiger charge is -2.24. The summed E-state index contributed by atoms with van der Waals surface area (Å²) in [6.07, 6.45) is 0. The Balaban J connectivity index is 1.95. The number of amides is 1. The van der Waals surface area contributed by atoms with Crippen LogP contribution in [0, 0.1) is 17.0 Å². The van der Waals surface area contributed by atoms with Gasteiger partial charge in [-0.15, -0.1) is 0 Å². The molecule has 0 radical (unpaired) electrons. The van der Waals surface area contributed by atoms with Gasteiger partial charge in [0.25, 0.3) is 15.7 Å². The Morgan fingerprint density at radius 2 is 1.69 bits per heavy atom. The third-order valence-corrected chi connectivity index (χ3v) is 6.54. The van der Waals surface area contributed by atoms with Gasteiger partial charge in [-0.25, -0.2) is 8.42 Å². The van der Waals surface area contributed by atoms with Crippen LogP contribution in [0.25, 0.3) is 0 Å². The van der Waals surface area contributed by atoms with Gasteiger partial charge in [-0.1, -0.05) is 24.3 Å². The Hall–Kier alpha value is -3.92. The van der Waals surface area contributed by atoms with Gasteiger partial charge in [0, 0.05) is 6.07 Å². The fourth-order valence-corrected chi connectivity index (χ4v) is 4.50. The molecule has 32 heavy (non-hydrogen) atoms. The molecule has 166 valence electrons. The molecule has 10 heteroatoms. The van der Waals surface area contributed by atoms with Crippen LogP contribution in [0.2, 0.25) is 0 Å². The highest BCUT2D eigenvalue weighted by Gasteiger charge is 2.27. The first-order chi connectivity index (χ1) is 15.2. The number of rotatable bonds is 8. The van der Waals surface area contributed by atoms with Crippen LogP contribution in [0.5, 0.6) is 5.75 Å². The second kappa shape index (κ2) is 9.48. The predicted octanol–water partition coefficient (Wildman–Crippen LogP) is 3.75. The number of benzene rings is 3. The number of nitrogens with zero attached hydrogens (tertiary/aromatic N) is 2. The molecule has 0 fully saturated rings. The molecule has 0 aliphatic heterocycles. The fourth-order valence-electron chi connectivity index (χ4n) is 3.06. The number of hydrogen-bond acceptors (Lipinski definition) is 6. The van der Waals surface area contributed by atoms with Crippen LogP contribution in [-0.4, -0.2) is 32.9 Å². The number of nitro benzene ring substituents is 1. The average Bonchev–Trinajstić information content (AvgIpc) is 2.79. The van der Waals surface area contributed by atoms with E-state index in [9.17, 15) is 23.3 Å². The molecule has 1 N–H and O–H groups in total. The first kappa shape index (κ1) is 22.8. The standard InChI is InChI=1S/C22H21N3O6S/c1-16-20(9-6-10-21(16)25(27)28)23-22(26)15-24(17-11-13-18(31-2)14-12-17)32(29,30)19-7-4-3-5-8-19/h3-14H,15H2,1-2H3,(H,23,26). The minimum atomic E-state index is -4.07. The zero-order chi connectivity index (χ0) is 23.3. The maximum Gasteiger partial charge on any atom is 0.274 e. The molecule has 0 heterocycles. The summed E-state index contributed by atoms with van der Waals surface area (Å²) >= 11 is 0. The van der Waals surface area contributed by atoms with Crippen molar-refractivity contribution in [3.8, 4) is 5.75 Å². The van der Waals surface area contributed by atoms with E-state index in [1.807, 2.05) is 0 Å². The molecule has 0 atom stereocenters. The number of nitrogens with one attached hydrogen (secondary N) is 1. The van der Waals surface area contributed by atoms with Crippen molar-refractivity contribution < 1.29 is 22.9 Å². The first-order valence-electron chi connectivity index (χ1n) is 9.49. The monoisotopic (exact) mass is 455 g/mol. The molecule has 0 unspecified atom stereocenters. The number of hydrogen-bond donors (Lipinski definition) is 1. The number of carbonyl (C=O) groups excluding carboxylic acids is 1. The van der Waals surface area contributed by atoms with Crippen molar-refractivity contribution in [1.29, 1.82) is 0 Å². The molecule has 0 saturated heterocycles. The first-order valence-corrected chi connectivity index (χ1v) is 10.9. The van der Waals surface area contributed by atoms with Crippen LogP contribution >= 0.6 is 0 Å². The Labute approximate surface area is 185 Å². The molecule has 1 amide bonds. The van der Waals surface area contributed by atoms with E-state index in [1.165, 1.54) is 56.5 Å². The number of anilines is 2. The zero-order valence-electron chi connectivity index (χ0n) is 17.4. The average molecular weight is 455 g/mol. The molecule has 0 bridgehead atoms. The van der Waals surface area contributed by atoms with Gasteiger partial charge in [0.1, 0.15) is 12.3 Å².